The summed E-state index contributed by atoms with van der Waals surface area (Å²) in [6.07, 6.45) is -0.411. The molecule has 0 heterocycles. The fraction of sp³-hybridized carbons (Fsp3) is 0.375. The first-order valence-corrected chi connectivity index (χ1v) is 14.2. The molecule has 232 valence electrons. The van der Waals surface area contributed by atoms with Gasteiger partial charge in [-0.3, -0.25) is 14.4 Å². The van der Waals surface area contributed by atoms with Crippen molar-refractivity contribution in [3.63, 3.8) is 0 Å². The van der Waals surface area contributed by atoms with Crippen LogP contribution in [0.1, 0.15) is 34.8 Å². The number of amides is 2. The molecule has 12 nitrogen and oxygen atoms in total. The Morgan fingerprint density at radius 1 is 1.11 bits per heavy atom. The predicted molar refractivity (Wildman–Crippen MR) is 160 cm³/mol. The number of likely N-dealkylation sites (N-methyl/N-ethyl adjacent to an activating group) is 1. The number of ketones is 2. The summed E-state index contributed by atoms with van der Waals surface area (Å²) < 4.78 is 5.25. The SMILES string of the molecule is CC1=C(C(N)=O)C(=O)[C@@]2(O)C(O)=C3C(=O)c4c(O)c(CNC(=O)Oc5ccccc5)cc(N(C)C)c4C[C@H]3C[C@H]2[C@@H]1N(C)C. The molecule has 2 aromatic rings. The number of phenolic OH excluding ortho intramolecular Hbond substituents is 1. The Kier molecular flexibility index (Phi) is 7.77. The van der Waals surface area contributed by atoms with Crippen molar-refractivity contribution in [2.45, 2.75) is 38.0 Å². The van der Waals surface area contributed by atoms with E-state index in [-0.39, 0.29) is 36.1 Å². The highest BCUT2D eigenvalue weighted by molar-refractivity contribution is 6.25. The van der Waals surface area contributed by atoms with E-state index in [1.807, 2.05) is 0 Å². The predicted octanol–water partition coefficient (Wildman–Crippen LogP) is 1.98. The quantitative estimate of drug-likeness (QED) is 0.306. The summed E-state index contributed by atoms with van der Waals surface area (Å²) in [5.41, 5.74) is 4.02. The minimum Gasteiger partial charge on any atom is -0.508 e. The van der Waals surface area contributed by atoms with Crippen LogP contribution in [0.25, 0.3) is 0 Å². The van der Waals surface area contributed by atoms with Gasteiger partial charge in [-0.15, -0.1) is 0 Å². The van der Waals surface area contributed by atoms with E-state index < -0.39 is 64.1 Å². The first-order chi connectivity index (χ1) is 20.7. The largest absolute Gasteiger partial charge is 0.508 e. The molecule has 2 amide bonds. The fourth-order valence-corrected chi connectivity index (χ4v) is 7.07. The summed E-state index contributed by atoms with van der Waals surface area (Å²) in [6, 6.07) is 9.46. The van der Waals surface area contributed by atoms with Crippen molar-refractivity contribution >= 4 is 29.3 Å². The van der Waals surface area contributed by atoms with E-state index in [1.54, 1.807) is 81.3 Å². The lowest BCUT2D eigenvalue weighted by Gasteiger charge is -2.51. The van der Waals surface area contributed by atoms with Crippen molar-refractivity contribution in [3.05, 3.63) is 75.6 Å². The van der Waals surface area contributed by atoms with Gasteiger partial charge < -0.3 is 40.9 Å². The van der Waals surface area contributed by atoms with Crippen LogP contribution in [0.4, 0.5) is 10.5 Å². The molecule has 0 spiro atoms. The van der Waals surface area contributed by atoms with Gasteiger partial charge >= 0.3 is 6.09 Å². The molecule has 0 radical (unpaired) electrons. The number of ether oxygens (including phenoxy) is 1. The number of nitrogens with two attached hydrogens (primary N) is 1. The van der Waals surface area contributed by atoms with E-state index in [4.69, 9.17) is 10.5 Å². The number of hydrogen-bond donors (Lipinski definition) is 5. The number of Topliss-reactive ketones (excluding diaryl/α,β-unsaturated/α-hetero) is 2. The molecule has 0 saturated carbocycles. The standard InChI is InChI=1S/C32H36N4O8/c1-15-22(30(33)41)28(39)32(43)20(25(15)36(4)5)12-16-11-19-21(35(2)3)13-17(26(37)24(19)27(38)23(16)29(32)40)14-34-31(42)44-18-9-7-6-8-10-18/h6-10,13,16,20,25,37,40,43H,11-12,14H2,1-5H3,(H2,33,41)(H,34,42)/t16-,20-,25+,32+/m0/s1. The number of allylic oxidation sites excluding steroid dienone is 1. The van der Waals surface area contributed by atoms with Gasteiger partial charge in [-0.1, -0.05) is 18.2 Å². The van der Waals surface area contributed by atoms with Gasteiger partial charge in [0, 0.05) is 49.4 Å². The van der Waals surface area contributed by atoms with Crippen LogP contribution in [-0.2, 0) is 22.6 Å². The summed E-state index contributed by atoms with van der Waals surface area (Å²) >= 11 is 0. The molecule has 6 N–H and O–H groups in total. The Hall–Kier alpha value is -4.68. The van der Waals surface area contributed by atoms with E-state index in [0.717, 1.165) is 0 Å². The molecule has 0 aliphatic heterocycles. The van der Waals surface area contributed by atoms with Crippen LogP contribution in [0.15, 0.2) is 58.9 Å². The number of nitrogens with zero attached hydrogens (tertiary/aromatic N) is 2. The molecule has 0 fully saturated rings. The number of para-hydroxylation sites is 1. The Morgan fingerprint density at radius 2 is 1.77 bits per heavy atom. The number of rotatable bonds is 6. The summed E-state index contributed by atoms with van der Waals surface area (Å²) in [6.45, 7) is 1.42. The summed E-state index contributed by atoms with van der Waals surface area (Å²) in [5.74, 6) is -5.24. The van der Waals surface area contributed by atoms with E-state index in [0.29, 0.717) is 22.6 Å². The molecule has 0 saturated heterocycles. The highest BCUT2D eigenvalue weighted by Crippen LogP contribution is 2.53. The van der Waals surface area contributed by atoms with E-state index in [1.165, 1.54) is 0 Å². The zero-order valence-corrected chi connectivity index (χ0v) is 25.2. The zero-order chi connectivity index (χ0) is 32.2. The monoisotopic (exact) mass is 604 g/mol. The Balaban J connectivity index is 1.58. The van der Waals surface area contributed by atoms with E-state index in [9.17, 15) is 34.5 Å². The summed E-state index contributed by atoms with van der Waals surface area (Å²) in [5, 5.41) is 37.4. The number of aromatic hydroxyl groups is 1. The maximum atomic E-state index is 14.2. The van der Waals surface area contributed by atoms with Crippen LogP contribution in [0, 0.1) is 11.8 Å². The first kappa shape index (κ1) is 30.8. The number of hydrogen-bond acceptors (Lipinski definition) is 10. The first-order valence-electron chi connectivity index (χ1n) is 14.2. The molecule has 44 heavy (non-hydrogen) atoms. The van der Waals surface area contributed by atoms with Crippen LogP contribution in [0.3, 0.4) is 0 Å². The number of aliphatic hydroxyl groups is 2. The van der Waals surface area contributed by atoms with Crippen molar-refractivity contribution in [3.8, 4) is 11.5 Å². The number of fused-ring (bicyclic) bond motifs is 3. The number of aliphatic hydroxyl groups excluding tert-OH is 1. The van der Waals surface area contributed by atoms with E-state index >= 15 is 0 Å². The molecule has 2 aromatic carbocycles. The number of carbonyl (C=O) groups is 4. The van der Waals surface area contributed by atoms with Gasteiger partial charge in [-0.2, -0.15) is 0 Å². The van der Waals surface area contributed by atoms with Crippen LogP contribution < -0.4 is 20.7 Å². The maximum absolute atomic E-state index is 14.2. The lowest BCUT2D eigenvalue weighted by atomic mass is 9.57. The zero-order valence-electron chi connectivity index (χ0n) is 25.2. The second kappa shape index (κ2) is 11.1. The minimum atomic E-state index is -2.57. The number of anilines is 1. The Bertz CT molecular complexity index is 1640. The van der Waals surface area contributed by atoms with Gasteiger partial charge in [0.25, 0.3) is 5.91 Å². The van der Waals surface area contributed by atoms with Crippen LogP contribution in [0.2, 0.25) is 0 Å². The van der Waals surface area contributed by atoms with Crippen molar-refractivity contribution in [1.82, 2.24) is 10.2 Å². The molecule has 12 heteroatoms. The maximum Gasteiger partial charge on any atom is 0.412 e. The van der Waals surface area contributed by atoms with Gasteiger partial charge in [0.1, 0.15) is 17.3 Å². The summed E-state index contributed by atoms with van der Waals surface area (Å²) in [7, 11) is 7.02. The van der Waals surface area contributed by atoms with Crippen molar-refractivity contribution in [2.24, 2.45) is 17.6 Å². The molecule has 0 bridgehead atoms. The lowest BCUT2D eigenvalue weighted by molar-refractivity contribution is -0.146. The number of carbonyl (C=O) groups excluding carboxylic acids is 4. The smallest absolute Gasteiger partial charge is 0.412 e. The molecule has 3 aliphatic carbocycles. The second-order valence-electron chi connectivity index (χ2n) is 12.0. The van der Waals surface area contributed by atoms with Gasteiger partial charge in [-0.05, 0) is 69.1 Å². The van der Waals surface area contributed by atoms with E-state index in [2.05, 4.69) is 5.32 Å². The highest BCUT2D eigenvalue weighted by atomic mass is 16.6. The topological polar surface area (TPSA) is 183 Å². The third kappa shape index (κ3) is 4.70. The van der Waals surface area contributed by atoms with Crippen LogP contribution >= 0.6 is 0 Å². The highest BCUT2D eigenvalue weighted by Gasteiger charge is 2.62. The van der Waals surface area contributed by atoms with Gasteiger partial charge in [0.15, 0.2) is 11.4 Å². The molecule has 0 unspecified atom stereocenters. The van der Waals surface area contributed by atoms with Crippen molar-refractivity contribution < 1.29 is 39.2 Å². The molecule has 0 aromatic heterocycles. The van der Waals surface area contributed by atoms with Gasteiger partial charge in [0.2, 0.25) is 5.78 Å². The van der Waals surface area contributed by atoms with Crippen LogP contribution in [-0.4, -0.2) is 83.6 Å². The third-order valence-electron chi connectivity index (χ3n) is 8.94. The van der Waals surface area contributed by atoms with Crippen molar-refractivity contribution in [1.29, 1.82) is 0 Å². The molecule has 4 atom stereocenters. The van der Waals surface area contributed by atoms with Crippen LogP contribution in [0.5, 0.6) is 11.5 Å². The average Bonchev–Trinajstić information content (AvgIpc) is 2.94. The molecule has 5 rings (SSSR count). The normalized spacial score (nSPS) is 24.5. The third-order valence-corrected chi connectivity index (χ3v) is 8.94. The summed E-state index contributed by atoms with van der Waals surface area (Å²) in [4.78, 5) is 56.1. The molecule has 3 aliphatic rings. The van der Waals surface area contributed by atoms with Gasteiger partial charge in [-0.25, -0.2) is 4.79 Å². The number of phenols is 1. The fourth-order valence-electron chi connectivity index (χ4n) is 7.07. The number of benzene rings is 2. The average molecular weight is 605 g/mol. The number of nitrogens with one attached hydrogen (secondary N) is 1. The van der Waals surface area contributed by atoms with Gasteiger partial charge in [0.05, 0.1) is 11.1 Å². The van der Waals surface area contributed by atoms with Crippen molar-refractivity contribution in [2.75, 3.05) is 33.1 Å². The molecular weight excluding hydrogens is 568 g/mol. The Morgan fingerprint density at radius 3 is 2.36 bits per heavy atom. The number of primary amides is 1. The minimum absolute atomic E-state index is 0.0986. The molecular formula is C32H36N4O8. The Labute approximate surface area is 254 Å². The second-order valence-corrected chi connectivity index (χ2v) is 12.0. The lowest BCUT2D eigenvalue weighted by Crippen LogP contribution is -2.63.